The molecule has 0 saturated carbocycles. The van der Waals surface area contributed by atoms with Crippen LogP contribution < -0.4 is 4.57 Å². The lowest BCUT2D eigenvalue weighted by Gasteiger charge is -1.90. The molecule has 0 spiro atoms. The summed E-state index contributed by atoms with van der Waals surface area (Å²) in [4.78, 5) is 11.0. The largest absolute Gasteiger partial charge is 0.411 e. The molecule has 1 heterocycles. The smallest absolute Gasteiger partial charge is 0.207 e. The van der Waals surface area contributed by atoms with E-state index in [0.29, 0.717) is 5.56 Å². The van der Waals surface area contributed by atoms with Crippen molar-refractivity contribution in [3.05, 3.63) is 30.1 Å². The monoisotopic (exact) mass is 165 g/mol. The standard InChI is InChI=1S/C8H8N2O2/c1-10-4-2-7(3-5-10)8(11)6-9-12/h2-6H,1H3/p+1. The number of rotatable bonds is 2. The Morgan fingerprint density at radius 2 is 2.17 bits per heavy atom. The SMILES string of the molecule is C[n+]1ccc(C(=O)C=NO)cc1. The van der Waals surface area contributed by atoms with Crippen molar-refractivity contribution < 1.29 is 14.6 Å². The van der Waals surface area contributed by atoms with Crippen molar-refractivity contribution in [2.24, 2.45) is 12.2 Å². The molecule has 1 N–H and O–H groups in total. The first kappa shape index (κ1) is 8.39. The van der Waals surface area contributed by atoms with Gasteiger partial charge in [-0.3, -0.25) is 4.79 Å². The van der Waals surface area contributed by atoms with E-state index in [2.05, 4.69) is 5.16 Å². The van der Waals surface area contributed by atoms with Crippen molar-refractivity contribution in [3.8, 4) is 0 Å². The van der Waals surface area contributed by atoms with Crippen LogP contribution >= 0.6 is 0 Å². The molecule has 0 atom stereocenters. The topological polar surface area (TPSA) is 53.5 Å². The zero-order valence-corrected chi connectivity index (χ0v) is 6.64. The van der Waals surface area contributed by atoms with E-state index in [0.717, 1.165) is 6.21 Å². The summed E-state index contributed by atoms with van der Waals surface area (Å²) >= 11 is 0. The maximum atomic E-state index is 11.0. The highest BCUT2D eigenvalue weighted by molar-refractivity contribution is 6.35. The number of carbonyl (C=O) groups is 1. The Bertz CT molecular complexity index is 303. The fraction of sp³-hybridized carbons (Fsp3) is 0.125. The summed E-state index contributed by atoms with van der Waals surface area (Å²) in [5.74, 6) is -0.307. The molecule has 0 fully saturated rings. The van der Waals surface area contributed by atoms with Crippen LogP contribution in [0.3, 0.4) is 0 Å². The van der Waals surface area contributed by atoms with Crippen LogP contribution in [0.1, 0.15) is 10.4 Å². The summed E-state index contributed by atoms with van der Waals surface area (Å²) in [7, 11) is 1.86. The molecule has 0 saturated heterocycles. The third-order valence-corrected chi connectivity index (χ3v) is 1.44. The molecule has 0 radical (unpaired) electrons. The quantitative estimate of drug-likeness (QED) is 0.223. The summed E-state index contributed by atoms with van der Waals surface area (Å²) in [6, 6.07) is 3.31. The number of aryl methyl sites for hydroxylation is 1. The average molecular weight is 165 g/mol. The lowest BCUT2D eigenvalue weighted by atomic mass is 10.2. The van der Waals surface area contributed by atoms with E-state index in [1.54, 1.807) is 24.5 Å². The van der Waals surface area contributed by atoms with Gasteiger partial charge in [0.05, 0.1) is 0 Å². The molecule has 0 unspecified atom stereocenters. The van der Waals surface area contributed by atoms with Crippen molar-refractivity contribution in [2.75, 3.05) is 0 Å². The maximum Gasteiger partial charge on any atom is 0.207 e. The second-order valence-corrected chi connectivity index (χ2v) is 2.36. The van der Waals surface area contributed by atoms with Gasteiger partial charge >= 0.3 is 0 Å². The second-order valence-electron chi connectivity index (χ2n) is 2.36. The number of carbonyl (C=O) groups excluding carboxylic acids is 1. The van der Waals surface area contributed by atoms with Crippen LogP contribution in [0.2, 0.25) is 0 Å². The number of aromatic nitrogens is 1. The lowest BCUT2D eigenvalue weighted by Crippen LogP contribution is -2.26. The van der Waals surface area contributed by atoms with Gasteiger partial charge in [-0.05, 0) is 0 Å². The fourth-order valence-electron chi connectivity index (χ4n) is 0.792. The first-order chi connectivity index (χ1) is 5.74. The van der Waals surface area contributed by atoms with Gasteiger partial charge in [0.15, 0.2) is 12.4 Å². The number of hydrogen-bond donors (Lipinski definition) is 1. The summed E-state index contributed by atoms with van der Waals surface area (Å²) in [6.45, 7) is 0. The van der Waals surface area contributed by atoms with E-state index in [9.17, 15) is 4.79 Å². The molecule has 4 heteroatoms. The molecule has 0 bridgehead atoms. The first-order valence-electron chi connectivity index (χ1n) is 3.41. The molecule has 0 aliphatic heterocycles. The molecule has 12 heavy (non-hydrogen) atoms. The predicted octanol–water partition coefficient (Wildman–Crippen LogP) is 0.154. The fourth-order valence-corrected chi connectivity index (χ4v) is 0.792. The number of pyridine rings is 1. The second kappa shape index (κ2) is 3.61. The Hall–Kier alpha value is -1.71. The summed E-state index contributed by atoms with van der Waals surface area (Å²) < 4.78 is 1.81. The zero-order valence-electron chi connectivity index (χ0n) is 6.64. The molecule has 0 aliphatic rings. The normalized spacial score (nSPS) is 10.4. The van der Waals surface area contributed by atoms with Gasteiger partial charge in [0, 0.05) is 17.7 Å². The Kier molecular flexibility index (Phi) is 2.53. The molecule has 0 amide bonds. The van der Waals surface area contributed by atoms with Crippen molar-refractivity contribution >= 4 is 12.0 Å². The first-order valence-corrected chi connectivity index (χ1v) is 3.41. The zero-order chi connectivity index (χ0) is 8.97. The molecular formula is C8H9N2O2+. The minimum Gasteiger partial charge on any atom is -0.411 e. The van der Waals surface area contributed by atoms with Gasteiger partial charge in [0.25, 0.3) is 0 Å². The number of ketones is 1. The number of oxime groups is 1. The van der Waals surface area contributed by atoms with Gasteiger partial charge in [-0.2, -0.15) is 0 Å². The van der Waals surface area contributed by atoms with Crippen LogP contribution in [0.15, 0.2) is 29.7 Å². The van der Waals surface area contributed by atoms with Gasteiger partial charge < -0.3 is 5.21 Å². The number of Topliss-reactive ketones (excluding diaryl/α,β-unsaturated/α-hetero) is 1. The molecule has 62 valence electrons. The molecule has 4 nitrogen and oxygen atoms in total. The van der Waals surface area contributed by atoms with Gasteiger partial charge in [-0.15, -0.1) is 0 Å². The van der Waals surface area contributed by atoms with Crippen LogP contribution in [0.25, 0.3) is 0 Å². The van der Waals surface area contributed by atoms with Crippen molar-refractivity contribution in [2.45, 2.75) is 0 Å². The van der Waals surface area contributed by atoms with E-state index in [1.807, 2.05) is 11.6 Å². The third-order valence-electron chi connectivity index (χ3n) is 1.44. The third kappa shape index (κ3) is 1.88. The summed E-state index contributed by atoms with van der Waals surface area (Å²) in [5, 5.41) is 10.7. The average Bonchev–Trinajstić information content (AvgIpc) is 2.06. The number of nitrogens with zero attached hydrogens (tertiary/aromatic N) is 2. The minimum absolute atomic E-state index is 0.307. The minimum atomic E-state index is -0.307. The van der Waals surface area contributed by atoms with E-state index >= 15 is 0 Å². The van der Waals surface area contributed by atoms with E-state index in [1.165, 1.54) is 0 Å². The van der Waals surface area contributed by atoms with Crippen LogP contribution in [0.5, 0.6) is 0 Å². The number of hydrogen-bond acceptors (Lipinski definition) is 3. The van der Waals surface area contributed by atoms with Gasteiger partial charge in [-0.1, -0.05) is 5.16 Å². The lowest BCUT2D eigenvalue weighted by molar-refractivity contribution is -0.671. The highest BCUT2D eigenvalue weighted by Gasteiger charge is 2.03. The Morgan fingerprint density at radius 3 is 2.67 bits per heavy atom. The van der Waals surface area contributed by atoms with Crippen molar-refractivity contribution in [1.82, 2.24) is 0 Å². The van der Waals surface area contributed by atoms with Crippen LogP contribution in [-0.4, -0.2) is 17.2 Å². The van der Waals surface area contributed by atoms with Gasteiger partial charge in [-0.25, -0.2) is 4.57 Å². The van der Waals surface area contributed by atoms with Crippen molar-refractivity contribution in [3.63, 3.8) is 0 Å². The molecule has 1 aromatic rings. The van der Waals surface area contributed by atoms with Crippen molar-refractivity contribution in [1.29, 1.82) is 0 Å². The molecule has 0 aliphatic carbocycles. The van der Waals surface area contributed by atoms with Gasteiger partial charge in [0.1, 0.15) is 13.3 Å². The van der Waals surface area contributed by atoms with Crippen LogP contribution in [0, 0.1) is 0 Å². The highest BCUT2D eigenvalue weighted by atomic mass is 16.4. The van der Waals surface area contributed by atoms with Crippen LogP contribution in [0.4, 0.5) is 0 Å². The molecule has 0 aromatic carbocycles. The Morgan fingerprint density at radius 1 is 1.58 bits per heavy atom. The summed E-state index contributed by atoms with van der Waals surface area (Å²) in [6.07, 6.45) is 4.37. The molecular weight excluding hydrogens is 156 g/mol. The Balaban J connectivity index is 2.90. The van der Waals surface area contributed by atoms with E-state index in [-0.39, 0.29) is 5.78 Å². The Labute approximate surface area is 69.8 Å². The highest BCUT2D eigenvalue weighted by Crippen LogP contribution is 1.94. The van der Waals surface area contributed by atoms with Gasteiger partial charge in [0.2, 0.25) is 5.78 Å². The maximum absolute atomic E-state index is 11.0. The van der Waals surface area contributed by atoms with Crippen LogP contribution in [-0.2, 0) is 7.05 Å². The molecule has 1 rings (SSSR count). The summed E-state index contributed by atoms with van der Waals surface area (Å²) in [5.41, 5.74) is 0.505. The molecule has 1 aromatic heterocycles. The predicted molar refractivity (Wildman–Crippen MR) is 42.2 cm³/mol. The van der Waals surface area contributed by atoms with E-state index < -0.39 is 0 Å². The van der Waals surface area contributed by atoms with E-state index in [4.69, 9.17) is 5.21 Å².